The van der Waals surface area contributed by atoms with Gasteiger partial charge in [-0.15, -0.1) is 0 Å². The third-order valence-corrected chi connectivity index (χ3v) is 3.42. The molecule has 0 fully saturated rings. The van der Waals surface area contributed by atoms with E-state index in [0.29, 0.717) is 13.0 Å². The number of Topliss-reactive ketones (excluding diaryl/α,β-unsaturated/α-hetero) is 1. The normalized spacial score (nSPS) is 11.3. The van der Waals surface area contributed by atoms with E-state index < -0.39 is 10.8 Å². The van der Waals surface area contributed by atoms with E-state index in [2.05, 4.69) is 5.32 Å². The molecule has 0 rings (SSSR count). The van der Waals surface area contributed by atoms with Crippen LogP contribution in [0, 0.1) is 10.8 Å². The van der Waals surface area contributed by atoms with Crippen LogP contribution < -0.4 is 5.32 Å². The number of rotatable bonds is 6. The fourth-order valence-corrected chi connectivity index (χ4v) is 1.08. The van der Waals surface area contributed by atoms with E-state index in [1.54, 1.807) is 13.8 Å². The van der Waals surface area contributed by atoms with E-state index in [1.807, 2.05) is 27.7 Å². The van der Waals surface area contributed by atoms with Crippen molar-refractivity contribution >= 4 is 11.7 Å². The van der Waals surface area contributed by atoms with Gasteiger partial charge in [-0.05, 0) is 6.92 Å². The molecule has 0 saturated carbocycles. The van der Waals surface area contributed by atoms with Crippen LogP contribution in [0.1, 0.15) is 54.9 Å². The van der Waals surface area contributed by atoms with Crippen molar-refractivity contribution in [3.05, 3.63) is 0 Å². The largest absolute Gasteiger partial charge is 0.396 e. The zero-order chi connectivity index (χ0) is 15.0. The molecule has 0 aromatic carbocycles. The van der Waals surface area contributed by atoms with E-state index >= 15 is 0 Å². The Morgan fingerprint density at radius 1 is 1.11 bits per heavy atom. The molecule has 1 amide bonds. The smallest absolute Gasteiger partial charge is 0.226 e. The molecule has 0 bridgehead atoms. The summed E-state index contributed by atoms with van der Waals surface area (Å²) in [6.45, 7) is 13.1. The zero-order valence-electron chi connectivity index (χ0n) is 12.9. The van der Waals surface area contributed by atoms with Gasteiger partial charge in [-0.2, -0.15) is 0 Å². The summed E-state index contributed by atoms with van der Waals surface area (Å²) in [5.74, 6) is -0.0766. The van der Waals surface area contributed by atoms with Gasteiger partial charge in [0.2, 0.25) is 5.91 Å². The zero-order valence-corrected chi connectivity index (χ0v) is 12.9. The molecule has 0 aliphatic carbocycles. The van der Waals surface area contributed by atoms with E-state index in [1.165, 1.54) is 6.92 Å². The van der Waals surface area contributed by atoms with Crippen molar-refractivity contribution in [2.45, 2.75) is 54.9 Å². The van der Waals surface area contributed by atoms with Crippen LogP contribution in [-0.4, -0.2) is 29.9 Å². The van der Waals surface area contributed by atoms with Crippen molar-refractivity contribution in [2.24, 2.45) is 10.8 Å². The molecule has 0 heterocycles. The van der Waals surface area contributed by atoms with Gasteiger partial charge in [0.1, 0.15) is 5.78 Å². The molecule has 0 atom stereocenters. The van der Waals surface area contributed by atoms with Crippen LogP contribution in [0.25, 0.3) is 0 Å². The standard InChI is InChI=1S/C12H23NO3.C2H6/c1-9(15)6-7-13-10(16)12(4,5)11(2,3)8-14;1-2/h14H,6-8H2,1-5H3,(H,13,16);1-2H3. The van der Waals surface area contributed by atoms with Gasteiger partial charge in [0.05, 0.1) is 5.41 Å². The second-order valence-corrected chi connectivity index (χ2v) is 5.37. The maximum absolute atomic E-state index is 11.9. The minimum atomic E-state index is -0.668. The maximum Gasteiger partial charge on any atom is 0.226 e. The lowest BCUT2D eigenvalue weighted by molar-refractivity contribution is -0.137. The van der Waals surface area contributed by atoms with Gasteiger partial charge in [0.25, 0.3) is 0 Å². The Hall–Kier alpha value is -0.900. The summed E-state index contributed by atoms with van der Waals surface area (Å²) in [4.78, 5) is 22.7. The predicted octanol–water partition coefficient (Wildman–Crippen LogP) is 2.15. The molecule has 18 heavy (non-hydrogen) atoms. The molecule has 0 aliphatic heterocycles. The van der Waals surface area contributed by atoms with Gasteiger partial charge in [0, 0.05) is 25.0 Å². The molecule has 0 aromatic rings. The highest BCUT2D eigenvalue weighted by molar-refractivity contribution is 5.83. The summed E-state index contributed by atoms with van der Waals surface area (Å²) in [7, 11) is 0. The number of amides is 1. The Bertz CT molecular complexity index is 270. The first kappa shape index (κ1) is 19.4. The number of hydrogen-bond acceptors (Lipinski definition) is 3. The van der Waals surface area contributed by atoms with Gasteiger partial charge in [-0.25, -0.2) is 0 Å². The number of carbonyl (C=O) groups is 2. The van der Waals surface area contributed by atoms with Crippen LogP contribution >= 0.6 is 0 Å². The molecular weight excluding hydrogens is 230 g/mol. The number of ketones is 1. The fraction of sp³-hybridized carbons (Fsp3) is 0.857. The fourth-order valence-electron chi connectivity index (χ4n) is 1.08. The SMILES string of the molecule is CC.CC(=O)CCNC(=O)C(C)(C)C(C)(C)CO. The van der Waals surface area contributed by atoms with Crippen molar-refractivity contribution in [1.82, 2.24) is 5.32 Å². The average Bonchev–Trinajstić information content (AvgIpc) is 2.30. The molecule has 0 unspecified atom stereocenters. The monoisotopic (exact) mass is 259 g/mol. The van der Waals surface area contributed by atoms with Gasteiger partial charge < -0.3 is 10.4 Å². The lowest BCUT2D eigenvalue weighted by Gasteiger charge is -2.38. The molecule has 0 spiro atoms. The quantitative estimate of drug-likeness (QED) is 0.768. The number of aliphatic hydroxyl groups excluding tert-OH is 1. The van der Waals surface area contributed by atoms with Gasteiger partial charge in [-0.1, -0.05) is 41.5 Å². The summed E-state index contributed by atoms with van der Waals surface area (Å²) in [5.41, 5.74) is -1.16. The van der Waals surface area contributed by atoms with Crippen molar-refractivity contribution in [3.8, 4) is 0 Å². The number of aliphatic hydroxyl groups is 1. The Morgan fingerprint density at radius 2 is 1.56 bits per heavy atom. The molecular formula is C14H29NO3. The van der Waals surface area contributed by atoms with Crippen LogP contribution in [0.5, 0.6) is 0 Å². The number of nitrogens with one attached hydrogen (secondary N) is 1. The third-order valence-electron chi connectivity index (χ3n) is 3.42. The third kappa shape index (κ3) is 5.63. The topological polar surface area (TPSA) is 66.4 Å². The highest BCUT2D eigenvalue weighted by Crippen LogP contribution is 2.37. The molecule has 0 radical (unpaired) electrons. The van der Waals surface area contributed by atoms with E-state index in [9.17, 15) is 14.7 Å². The Balaban J connectivity index is 0. The van der Waals surface area contributed by atoms with E-state index in [-0.39, 0.29) is 18.3 Å². The lowest BCUT2D eigenvalue weighted by atomic mass is 9.68. The van der Waals surface area contributed by atoms with Gasteiger partial charge >= 0.3 is 0 Å². The minimum Gasteiger partial charge on any atom is -0.396 e. The molecule has 4 nitrogen and oxygen atoms in total. The average molecular weight is 259 g/mol. The van der Waals surface area contributed by atoms with E-state index in [4.69, 9.17) is 0 Å². The summed E-state index contributed by atoms with van der Waals surface area (Å²) >= 11 is 0. The maximum atomic E-state index is 11.9. The van der Waals surface area contributed by atoms with Crippen LogP contribution in [0.4, 0.5) is 0 Å². The van der Waals surface area contributed by atoms with Crippen LogP contribution in [0.3, 0.4) is 0 Å². The van der Waals surface area contributed by atoms with Gasteiger partial charge in [-0.3, -0.25) is 9.59 Å². The highest BCUT2D eigenvalue weighted by atomic mass is 16.3. The van der Waals surface area contributed by atoms with Crippen LogP contribution in [0.2, 0.25) is 0 Å². The molecule has 0 saturated heterocycles. The van der Waals surface area contributed by atoms with E-state index in [0.717, 1.165) is 0 Å². The first-order chi connectivity index (χ1) is 8.15. The first-order valence-corrected chi connectivity index (χ1v) is 6.54. The predicted molar refractivity (Wildman–Crippen MR) is 74.3 cm³/mol. The molecule has 2 N–H and O–H groups in total. The van der Waals surface area contributed by atoms with Crippen LogP contribution in [0.15, 0.2) is 0 Å². The molecule has 108 valence electrons. The molecule has 0 aromatic heterocycles. The Labute approximate surface area is 111 Å². The highest BCUT2D eigenvalue weighted by Gasteiger charge is 2.42. The number of hydrogen-bond donors (Lipinski definition) is 2. The lowest BCUT2D eigenvalue weighted by Crippen LogP contribution is -2.48. The minimum absolute atomic E-state index is 0.0551. The number of carbonyl (C=O) groups excluding carboxylic acids is 2. The Kier molecular flexibility index (Phi) is 8.91. The van der Waals surface area contributed by atoms with Crippen molar-refractivity contribution in [1.29, 1.82) is 0 Å². The summed E-state index contributed by atoms with van der Waals surface area (Å²) in [5, 5.41) is 12.0. The molecule has 0 aliphatic rings. The second-order valence-electron chi connectivity index (χ2n) is 5.37. The summed E-state index contributed by atoms with van der Waals surface area (Å²) in [6, 6.07) is 0. The second kappa shape index (κ2) is 8.25. The van der Waals surface area contributed by atoms with Crippen molar-refractivity contribution < 1.29 is 14.7 Å². The van der Waals surface area contributed by atoms with Crippen molar-refractivity contribution in [3.63, 3.8) is 0 Å². The Morgan fingerprint density at radius 3 is 1.89 bits per heavy atom. The summed E-state index contributed by atoms with van der Waals surface area (Å²) in [6.07, 6.45) is 0.349. The van der Waals surface area contributed by atoms with Gasteiger partial charge in [0.15, 0.2) is 0 Å². The summed E-state index contributed by atoms with van der Waals surface area (Å²) < 4.78 is 0. The van der Waals surface area contributed by atoms with Crippen molar-refractivity contribution in [2.75, 3.05) is 13.2 Å². The first-order valence-electron chi connectivity index (χ1n) is 6.54. The van der Waals surface area contributed by atoms with Crippen LogP contribution in [-0.2, 0) is 9.59 Å². The molecule has 4 heteroatoms.